The third-order valence-corrected chi connectivity index (χ3v) is 3.44. The Balaban J connectivity index is 2.22. The largest absolute Gasteiger partial charge is 0.496 e. The number of nitrogens with two attached hydrogens (primary N) is 1. The van der Waals surface area contributed by atoms with Gasteiger partial charge in [-0.15, -0.1) is 0 Å². The van der Waals surface area contributed by atoms with Gasteiger partial charge in [-0.25, -0.2) is 0 Å². The molecule has 3 nitrogen and oxygen atoms in total. The first-order valence-electron chi connectivity index (χ1n) is 6.70. The van der Waals surface area contributed by atoms with E-state index in [1.807, 2.05) is 25.1 Å². The van der Waals surface area contributed by atoms with Crippen molar-refractivity contribution in [3.8, 4) is 5.75 Å². The second-order valence-corrected chi connectivity index (χ2v) is 5.27. The van der Waals surface area contributed by atoms with E-state index in [2.05, 4.69) is 37.3 Å². The molecular weight excluding hydrogens is 248 g/mol. The van der Waals surface area contributed by atoms with E-state index in [0.29, 0.717) is 0 Å². The Morgan fingerprint density at radius 3 is 2.25 bits per heavy atom. The van der Waals surface area contributed by atoms with Crippen LogP contribution in [0.4, 0.5) is 11.4 Å². The summed E-state index contributed by atoms with van der Waals surface area (Å²) in [4.78, 5) is 2.02. The Morgan fingerprint density at radius 1 is 1.05 bits per heavy atom. The van der Waals surface area contributed by atoms with E-state index < -0.39 is 0 Å². The van der Waals surface area contributed by atoms with Crippen molar-refractivity contribution in [2.45, 2.75) is 13.3 Å². The summed E-state index contributed by atoms with van der Waals surface area (Å²) in [5, 5.41) is 0. The fraction of sp³-hybridized carbons (Fsp3) is 0.294. The summed E-state index contributed by atoms with van der Waals surface area (Å²) in [5.41, 5.74) is 11.6. The van der Waals surface area contributed by atoms with Gasteiger partial charge < -0.3 is 15.4 Å². The smallest absolute Gasteiger partial charge is 0.121 e. The second-order valence-electron chi connectivity index (χ2n) is 5.27. The Kier molecular flexibility index (Phi) is 4.18. The molecule has 106 valence electrons. The van der Waals surface area contributed by atoms with Crippen LogP contribution in [-0.4, -0.2) is 21.2 Å². The van der Waals surface area contributed by atoms with Crippen LogP contribution in [-0.2, 0) is 6.42 Å². The van der Waals surface area contributed by atoms with Crippen molar-refractivity contribution < 1.29 is 4.74 Å². The van der Waals surface area contributed by atoms with Crippen LogP contribution in [0.1, 0.15) is 16.7 Å². The first-order valence-corrected chi connectivity index (χ1v) is 6.70. The minimum Gasteiger partial charge on any atom is -0.496 e. The standard InChI is InChI=1S/C17H22N2O/c1-12-9-13(6-8-17(12)20-4)10-14-5-7-16(19(2)3)15(18)11-14/h5-9,11H,10,18H2,1-4H3. The Bertz CT molecular complexity index is 606. The topological polar surface area (TPSA) is 38.5 Å². The number of nitrogens with zero attached hydrogens (tertiary/aromatic N) is 1. The van der Waals surface area contributed by atoms with Crippen molar-refractivity contribution >= 4 is 11.4 Å². The van der Waals surface area contributed by atoms with Crippen molar-refractivity contribution in [1.82, 2.24) is 0 Å². The van der Waals surface area contributed by atoms with Crippen LogP contribution in [0, 0.1) is 6.92 Å². The number of anilines is 2. The molecule has 0 heterocycles. The van der Waals surface area contributed by atoms with E-state index in [4.69, 9.17) is 10.5 Å². The molecule has 0 radical (unpaired) electrons. The van der Waals surface area contributed by atoms with Crippen molar-refractivity contribution in [2.75, 3.05) is 31.8 Å². The lowest BCUT2D eigenvalue weighted by molar-refractivity contribution is 0.411. The molecule has 0 unspecified atom stereocenters. The molecule has 0 bridgehead atoms. The van der Waals surface area contributed by atoms with E-state index in [1.54, 1.807) is 7.11 Å². The minimum atomic E-state index is 0.817. The fourth-order valence-electron chi connectivity index (χ4n) is 2.41. The molecule has 2 aromatic rings. The van der Waals surface area contributed by atoms with Crippen LogP contribution >= 0.6 is 0 Å². The molecular formula is C17H22N2O. The number of hydrogen-bond acceptors (Lipinski definition) is 3. The highest BCUT2D eigenvalue weighted by atomic mass is 16.5. The zero-order valence-electron chi connectivity index (χ0n) is 12.6. The Labute approximate surface area is 121 Å². The van der Waals surface area contributed by atoms with Gasteiger partial charge in [-0.3, -0.25) is 0 Å². The van der Waals surface area contributed by atoms with Gasteiger partial charge in [0.05, 0.1) is 18.5 Å². The maximum absolute atomic E-state index is 6.09. The van der Waals surface area contributed by atoms with Gasteiger partial charge in [-0.2, -0.15) is 0 Å². The monoisotopic (exact) mass is 270 g/mol. The predicted molar refractivity (Wildman–Crippen MR) is 85.7 cm³/mol. The van der Waals surface area contributed by atoms with E-state index in [9.17, 15) is 0 Å². The highest BCUT2D eigenvalue weighted by Gasteiger charge is 2.05. The SMILES string of the molecule is COc1ccc(Cc2ccc(N(C)C)c(N)c2)cc1C. The van der Waals surface area contributed by atoms with Gasteiger partial charge in [-0.1, -0.05) is 18.2 Å². The van der Waals surface area contributed by atoms with Crippen LogP contribution in [0.3, 0.4) is 0 Å². The zero-order valence-corrected chi connectivity index (χ0v) is 12.6. The van der Waals surface area contributed by atoms with Crippen LogP contribution in [0.2, 0.25) is 0 Å². The lowest BCUT2D eigenvalue weighted by atomic mass is 10.0. The average Bonchev–Trinajstić information content (AvgIpc) is 2.38. The number of nitrogen functional groups attached to an aromatic ring is 1. The molecule has 2 N–H and O–H groups in total. The lowest BCUT2D eigenvalue weighted by Crippen LogP contribution is -2.11. The highest BCUT2D eigenvalue weighted by Crippen LogP contribution is 2.25. The fourth-order valence-corrected chi connectivity index (χ4v) is 2.41. The van der Waals surface area contributed by atoms with Crippen LogP contribution in [0.5, 0.6) is 5.75 Å². The van der Waals surface area contributed by atoms with Gasteiger partial charge in [0.15, 0.2) is 0 Å². The summed E-state index contributed by atoms with van der Waals surface area (Å²) in [5.74, 6) is 0.927. The van der Waals surface area contributed by atoms with E-state index in [1.165, 1.54) is 11.1 Å². The molecule has 0 amide bonds. The van der Waals surface area contributed by atoms with Gasteiger partial charge in [0.1, 0.15) is 5.75 Å². The van der Waals surface area contributed by atoms with Crippen LogP contribution in [0.25, 0.3) is 0 Å². The van der Waals surface area contributed by atoms with Crippen LogP contribution < -0.4 is 15.4 Å². The molecule has 0 fully saturated rings. The lowest BCUT2D eigenvalue weighted by Gasteiger charge is -2.16. The van der Waals surface area contributed by atoms with Crippen molar-refractivity contribution in [3.63, 3.8) is 0 Å². The van der Waals surface area contributed by atoms with Crippen molar-refractivity contribution in [3.05, 3.63) is 53.1 Å². The molecule has 0 aliphatic rings. The summed E-state index contributed by atoms with van der Waals surface area (Å²) in [6.45, 7) is 2.06. The van der Waals surface area contributed by atoms with Gasteiger partial charge in [0, 0.05) is 14.1 Å². The maximum Gasteiger partial charge on any atom is 0.121 e. The first kappa shape index (κ1) is 14.3. The van der Waals surface area contributed by atoms with E-state index in [0.717, 1.165) is 29.1 Å². The second kappa shape index (κ2) is 5.87. The minimum absolute atomic E-state index is 0.817. The summed E-state index contributed by atoms with van der Waals surface area (Å²) >= 11 is 0. The molecule has 3 heteroatoms. The predicted octanol–water partition coefficient (Wildman–Crippen LogP) is 3.24. The molecule has 0 saturated heterocycles. The summed E-state index contributed by atoms with van der Waals surface area (Å²) in [7, 11) is 5.69. The van der Waals surface area contributed by atoms with Gasteiger partial charge >= 0.3 is 0 Å². The average molecular weight is 270 g/mol. The van der Waals surface area contributed by atoms with E-state index in [-0.39, 0.29) is 0 Å². The zero-order chi connectivity index (χ0) is 14.7. The third-order valence-electron chi connectivity index (χ3n) is 3.44. The summed E-state index contributed by atoms with van der Waals surface area (Å²) in [6, 6.07) is 12.5. The Morgan fingerprint density at radius 2 is 1.70 bits per heavy atom. The molecule has 2 aromatic carbocycles. The number of hydrogen-bond donors (Lipinski definition) is 1. The molecule has 0 aliphatic carbocycles. The van der Waals surface area contributed by atoms with Crippen LogP contribution in [0.15, 0.2) is 36.4 Å². The quantitative estimate of drug-likeness (QED) is 0.867. The molecule has 0 spiro atoms. The number of ether oxygens (including phenoxy) is 1. The molecule has 20 heavy (non-hydrogen) atoms. The normalized spacial score (nSPS) is 10.4. The van der Waals surface area contributed by atoms with Gasteiger partial charge in [-0.05, 0) is 48.2 Å². The molecule has 2 rings (SSSR count). The number of methoxy groups -OCH3 is 1. The van der Waals surface area contributed by atoms with Gasteiger partial charge in [0.2, 0.25) is 0 Å². The van der Waals surface area contributed by atoms with E-state index >= 15 is 0 Å². The number of aryl methyl sites for hydroxylation is 1. The molecule has 0 atom stereocenters. The third kappa shape index (κ3) is 3.05. The first-order chi connectivity index (χ1) is 9.51. The highest BCUT2D eigenvalue weighted by molar-refractivity contribution is 5.68. The van der Waals surface area contributed by atoms with Crippen molar-refractivity contribution in [1.29, 1.82) is 0 Å². The van der Waals surface area contributed by atoms with Gasteiger partial charge in [0.25, 0.3) is 0 Å². The maximum atomic E-state index is 6.09. The molecule has 0 saturated carbocycles. The molecule has 0 aromatic heterocycles. The van der Waals surface area contributed by atoms with Crippen molar-refractivity contribution in [2.24, 2.45) is 0 Å². The number of rotatable bonds is 4. The molecule has 0 aliphatic heterocycles. The summed E-state index contributed by atoms with van der Waals surface area (Å²) in [6.07, 6.45) is 0.878. The summed E-state index contributed by atoms with van der Waals surface area (Å²) < 4.78 is 5.29. The Hall–Kier alpha value is -2.16. The number of benzene rings is 2.